The minimum absolute atomic E-state index is 0.291. The Morgan fingerprint density at radius 2 is 0.505 bits per heavy atom. The van der Waals surface area contributed by atoms with Gasteiger partial charge in [-0.3, -0.25) is 0 Å². The first-order valence-electron chi connectivity index (χ1n) is 19.9. The first kappa shape index (κ1) is 112. The molecule has 0 aliphatic heterocycles. The van der Waals surface area contributed by atoms with Crippen molar-refractivity contribution in [2.45, 2.75) is 80.6 Å². The van der Waals surface area contributed by atoms with Crippen LogP contribution in [0.5, 0.6) is 0 Å². The summed E-state index contributed by atoms with van der Waals surface area (Å²) in [5.74, 6) is 0. The molecule has 0 aromatic carbocycles. The normalized spacial score (nSPS) is 9.32. The van der Waals surface area contributed by atoms with Gasteiger partial charge in [-0.15, -0.1) is 0 Å². The summed E-state index contributed by atoms with van der Waals surface area (Å²) in [7, 11) is 118. The molecule has 1 aromatic heterocycles. The van der Waals surface area contributed by atoms with Gasteiger partial charge in [0, 0.05) is 639 Å². The third-order valence-corrected chi connectivity index (χ3v) is 147. The van der Waals surface area contributed by atoms with Crippen LogP contribution in [0, 0.1) is 0 Å². The highest BCUT2D eigenvalue weighted by atomic mass is 33.5. The largest absolute Gasteiger partial charge is 0.396 e. The molecule has 0 radical (unpaired) electrons. The number of aliphatic hydroxyl groups excluding tert-OH is 2. The maximum atomic E-state index is 8.67. The van der Waals surface area contributed by atoms with Crippen LogP contribution in [-0.2, 0) is 604 Å². The zero-order chi connectivity index (χ0) is 68.4. The molecular formula is C19H35NO2S71. The monoisotopic (exact) mass is 2580 g/mol. The Kier molecular flexibility index (Phi) is 125. The Hall–Kier alpha value is 15.2. The lowest BCUT2D eigenvalue weighted by molar-refractivity contribution is 0.284. The van der Waals surface area contributed by atoms with E-state index in [1.54, 1.807) is 230 Å². The van der Waals surface area contributed by atoms with E-state index < -0.39 is 0 Å². The van der Waals surface area contributed by atoms with E-state index in [2.05, 4.69) is 39.6 Å². The molecule has 0 bridgehead atoms. The van der Waals surface area contributed by atoms with Crippen LogP contribution < -0.4 is 0 Å². The number of aromatic nitrogens is 1. The Bertz CT molecular complexity index is 5300. The lowest BCUT2D eigenvalue weighted by Gasteiger charge is -2.19. The first-order chi connectivity index (χ1) is 45.6. The van der Waals surface area contributed by atoms with Crippen molar-refractivity contribution in [1.82, 2.24) is 4.98 Å². The second-order valence-electron chi connectivity index (χ2n) is 11.3. The van der Waals surface area contributed by atoms with Gasteiger partial charge in [0.25, 0.3) is 0 Å². The molecule has 0 saturated carbocycles. The molecule has 0 fully saturated rings. The maximum absolute atomic E-state index is 8.67. The Morgan fingerprint density at radius 3 is 0.667 bits per heavy atom. The van der Waals surface area contributed by atoms with Crippen molar-refractivity contribution in [2.75, 3.05) is 13.2 Å². The van der Waals surface area contributed by atoms with E-state index in [0.29, 0.717) is 28.5 Å². The third kappa shape index (κ3) is 111. The van der Waals surface area contributed by atoms with Gasteiger partial charge in [-0.25, -0.2) is 4.98 Å². The minimum atomic E-state index is 0.291. The average Bonchev–Trinajstić information content (AvgIpc) is 3.79. The summed E-state index contributed by atoms with van der Waals surface area (Å²) in [4.78, 5) is 4.22. The molecule has 1 heterocycles. The molecule has 0 aliphatic rings. The molecule has 2 atom stereocenters. The minimum Gasteiger partial charge on any atom is -0.396 e. The first-order valence-corrected chi connectivity index (χ1v) is 111. The molecular weight excluding hydrogens is 2550 g/mol. The number of rotatable bonds is 11. The topological polar surface area (TPSA) is 53.4 Å². The molecule has 0 aliphatic carbocycles. The van der Waals surface area contributed by atoms with Gasteiger partial charge in [-0.2, -0.15) is 0 Å². The highest BCUT2D eigenvalue weighted by Gasteiger charge is 2.13. The van der Waals surface area contributed by atoms with E-state index in [-0.39, 0.29) is 0 Å². The Balaban J connectivity index is -0.00000127. The molecule has 3 nitrogen and oxygen atoms in total. The van der Waals surface area contributed by atoms with Crippen molar-refractivity contribution in [1.29, 1.82) is 0 Å². The number of hydrogen-bond donors (Lipinski definition) is 2. The van der Waals surface area contributed by atoms with Crippen molar-refractivity contribution in [3.05, 3.63) is 24.4 Å². The van der Waals surface area contributed by atoms with Crippen LogP contribution in [0.25, 0.3) is 0 Å². The molecule has 74 heteroatoms. The maximum Gasteiger partial charge on any atom is 0.106 e. The molecule has 1 rings (SSSR count). The van der Waals surface area contributed by atoms with Crippen molar-refractivity contribution >= 4 is 647 Å². The zero-order valence-electron chi connectivity index (χ0n) is 44.0. The fourth-order valence-electron chi connectivity index (χ4n) is 2.28. The van der Waals surface area contributed by atoms with E-state index >= 15 is 0 Å². The summed E-state index contributed by atoms with van der Waals surface area (Å²) < 4.78 is 0.345. The summed E-state index contributed by atoms with van der Waals surface area (Å²) in [6.07, 6.45) is 5.79. The van der Waals surface area contributed by atoms with E-state index in [9.17, 15) is 0 Å². The number of pyridine rings is 1. The van der Waals surface area contributed by atoms with Crippen molar-refractivity contribution < 1.29 is 10.2 Å². The van der Waals surface area contributed by atoms with Crippen molar-refractivity contribution in [3.63, 3.8) is 0 Å². The van der Waals surface area contributed by atoms with Crippen molar-refractivity contribution in [2.24, 2.45) is 0 Å². The third-order valence-electron chi connectivity index (χ3n) is 4.63. The van der Waals surface area contributed by atoms with Crippen LogP contribution in [-0.4, -0.2) is 43.7 Å². The zero-order valence-corrected chi connectivity index (χ0v) is 102. The molecule has 0 spiro atoms. The van der Waals surface area contributed by atoms with E-state index in [0.717, 1.165) is 30.7 Å². The fourth-order valence-corrected chi connectivity index (χ4v) is 169. The highest BCUT2D eigenvalue weighted by molar-refractivity contribution is 8.84. The molecule has 0 saturated heterocycles. The average molecular weight is 2590 g/mol. The van der Waals surface area contributed by atoms with Crippen molar-refractivity contribution in [3.8, 4) is 0 Å². The number of nitrogens with zero attached hydrogens (tertiary/aromatic N) is 1. The molecule has 554 valence electrons. The molecule has 0 amide bonds. The Morgan fingerprint density at radius 1 is 0.312 bits per heavy atom. The second kappa shape index (κ2) is 103. The lowest BCUT2D eigenvalue weighted by Crippen LogP contribution is -2.06. The van der Waals surface area contributed by atoms with Crippen LogP contribution in [0.2, 0.25) is 0 Å². The molecule has 93 heavy (non-hydrogen) atoms. The molecule has 2 unspecified atom stereocenters. The standard InChI is InChI=1S/C10H15NOS2.C9H20OS2.S34.S33/c1-9(5-4-8-12)13-14-10-6-2-3-7-11-10;1-8(6-5-7-10)11-12-9(2,3)4;1-3-5-7-9-11-13-15-17-19-21-23-25-27-29-31-33-34-32-30-28-26-24-22-20-18-16-14-12-10-8-6-4-2;1-3-5-7-9-11-13-15-17-19-21-23-25-27-29-31-33-32-30-28-26-24-22-20-18-16-14-12-10-8-6-4-2/h2-3,6-7,9,12H,4-5,8H2,1H3;8,10H,5-7H2,1-4H3;;. The lowest BCUT2D eigenvalue weighted by atomic mass is 10.3. The van der Waals surface area contributed by atoms with Gasteiger partial charge < -0.3 is 10.2 Å². The molecule has 1 aromatic rings. The number of aliphatic hydroxyl groups is 2. The van der Waals surface area contributed by atoms with E-state index in [1.165, 1.54) is 35.5 Å². The smallest absolute Gasteiger partial charge is 0.106 e. The fraction of sp³-hybridized carbons (Fsp3) is 0.737. The SMILES string of the molecule is CC(CCCO)SSC(C)(C)C.CC(CCCO)SSc1ccccn1.S=S=S=S=S=S=S=S=S=S=S=S=S=S=S=S=S=S=S=S=S=S=S=S=S=S=S=S=S=S=S=S=S.S=S=S=S=S=S=S=S=S=S=S=S=S=S=S=S=S=S=S=S=S=S=S=S=S=S=S=S=S=S=S=S=S=S. The quantitative estimate of drug-likeness (QED) is 0.252. The summed E-state index contributed by atoms with van der Waals surface area (Å²) >= 11 is 19.2. The van der Waals surface area contributed by atoms with Crippen LogP contribution in [0.3, 0.4) is 0 Å². The number of hydrogen-bond acceptors (Lipinski definition) is 11. The predicted octanol–water partition coefficient (Wildman–Crippen LogP) is 6.15. The van der Waals surface area contributed by atoms with Crippen LogP contribution >= 0.6 is 43.2 Å². The second-order valence-corrected chi connectivity index (χ2v) is 129. The summed E-state index contributed by atoms with van der Waals surface area (Å²) in [6, 6.07) is 5.93. The van der Waals surface area contributed by atoms with Gasteiger partial charge in [-0.1, -0.05) is 73.1 Å². The highest BCUT2D eigenvalue weighted by Crippen LogP contribution is 2.39. The summed E-state index contributed by atoms with van der Waals surface area (Å²) in [5.41, 5.74) is 0. The van der Waals surface area contributed by atoms with E-state index in [4.69, 9.17) is 55.0 Å². The van der Waals surface area contributed by atoms with Crippen LogP contribution in [0.4, 0.5) is 0 Å². The Labute approximate surface area is 760 Å². The van der Waals surface area contributed by atoms with Gasteiger partial charge >= 0.3 is 0 Å². The van der Waals surface area contributed by atoms with Gasteiger partial charge in [-0.05, 0) is 48.6 Å². The predicted molar refractivity (Wildman–Crippen MR) is 618 cm³/mol. The summed E-state index contributed by atoms with van der Waals surface area (Å²) in [5, 5.41) is 19.6. The van der Waals surface area contributed by atoms with Crippen LogP contribution in [0.1, 0.15) is 60.3 Å². The van der Waals surface area contributed by atoms with Gasteiger partial charge in [0.1, 0.15) is 5.03 Å². The van der Waals surface area contributed by atoms with Gasteiger partial charge in [0.2, 0.25) is 0 Å². The molecule has 2 N–H and O–H groups in total. The van der Waals surface area contributed by atoms with Gasteiger partial charge in [0.15, 0.2) is 0 Å². The van der Waals surface area contributed by atoms with Crippen LogP contribution in [0.15, 0.2) is 29.4 Å². The van der Waals surface area contributed by atoms with Gasteiger partial charge in [0.05, 0.1) is 0 Å². The van der Waals surface area contributed by atoms with E-state index in [1.807, 2.05) is 361 Å². The summed E-state index contributed by atoms with van der Waals surface area (Å²) in [6.45, 7) is 11.7.